The quantitative estimate of drug-likeness (QED) is 0.501. The van der Waals surface area contributed by atoms with Crippen LogP contribution < -0.4 is 10.9 Å². The Labute approximate surface area is 168 Å². The molecule has 0 aliphatic carbocycles. The van der Waals surface area contributed by atoms with Gasteiger partial charge in [-0.3, -0.25) is 18.8 Å². The lowest BCUT2D eigenvalue weighted by molar-refractivity contribution is -0.116. The number of rotatable bonds is 5. The minimum atomic E-state index is -3.32. The van der Waals surface area contributed by atoms with Gasteiger partial charge in [0.15, 0.2) is 20.6 Å². The van der Waals surface area contributed by atoms with Crippen molar-refractivity contribution in [2.24, 2.45) is 7.05 Å². The summed E-state index contributed by atoms with van der Waals surface area (Å²) in [6.45, 7) is 0.158. The number of nitrogens with one attached hydrogen (secondary N) is 1. The van der Waals surface area contributed by atoms with Crippen LogP contribution in [0.2, 0.25) is 0 Å². The fourth-order valence-electron chi connectivity index (χ4n) is 2.82. The second-order valence-corrected chi connectivity index (χ2v) is 9.51. The zero-order chi connectivity index (χ0) is 20.8. The summed E-state index contributed by atoms with van der Waals surface area (Å²) in [6.07, 6.45) is 4.03. The highest BCUT2D eigenvalue weighted by Crippen LogP contribution is 2.28. The van der Waals surface area contributed by atoms with Crippen LogP contribution in [0.5, 0.6) is 0 Å². The number of benzene rings is 1. The van der Waals surface area contributed by atoms with Crippen LogP contribution in [-0.2, 0) is 28.2 Å². The van der Waals surface area contributed by atoms with Gasteiger partial charge in [0.05, 0.1) is 27.6 Å². The van der Waals surface area contributed by atoms with Crippen molar-refractivity contribution in [1.29, 1.82) is 0 Å². The van der Waals surface area contributed by atoms with E-state index >= 15 is 0 Å². The van der Waals surface area contributed by atoms with Crippen LogP contribution in [0.25, 0.3) is 21.3 Å². The van der Waals surface area contributed by atoms with Gasteiger partial charge in [-0.1, -0.05) is 11.3 Å². The van der Waals surface area contributed by atoms with Gasteiger partial charge < -0.3 is 5.32 Å². The van der Waals surface area contributed by atoms with Crippen molar-refractivity contribution in [2.75, 3.05) is 11.6 Å². The summed E-state index contributed by atoms with van der Waals surface area (Å²) in [4.78, 5) is 33.4. The van der Waals surface area contributed by atoms with E-state index < -0.39 is 9.84 Å². The SMILES string of the molecule is Cn1ncc2c(=O)n(CCC(=O)Nc3nc4ccc(S(C)(=O)=O)cc4s3)cnc21. The smallest absolute Gasteiger partial charge is 0.264 e. The third kappa shape index (κ3) is 3.76. The molecular formula is C17H16N6O4S2. The Bertz CT molecular complexity index is 1420. The molecule has 12 heteroatoms. The van der Waals surface area contributed by atoms with Crippen molar-refractivity contribution < 1.29 is 13.2 Å². The van der Waals surface area contributed by atoms with Crippen molar-refractivity contribution in [1.82, 2.24) is 24.3 Å². The van der Waals surface area contributed by atoms with Crippen molar-refractivity contribution >= 4 is 53.5 Å². The van der Waals surface area contributed by atoms with E-state index in [4.69, 9.17) is 0 Å². The van der Waals surface area contributed by atoms with Gasteiger partial charge in [-0.25, -0.2) is 18.4 Å². The molecule has 150 valence electrons. The Morgan fingerprint density at radius 1 is 1.31 bits per heavy atom. The van der Waals surface area contributed by atoms with E-state index in [2.05, 4.69) is 20.4 Å². The van der Waals surface area contributed by atoms with Crippen molar-refractivity contribution in [3.8, 4) is 0 Å². The van der Waals surface area contributed by atoms with Crippen LogP contribution in [0.4, 0.5) is 5.13 Å². The monoisotopic (exact) mass is 432 g/mol. The molecule has 10 nitrogen and oxygen atoms in total. The Balaban J connectivity index is 1.47. The van der Waals surface area contributed by atoms with Gasteiger partial charge in [0.1, 0.15) is 5.39 Å². The summed E-state index contributed by atoms with van der Waals surface area (Å²) < 4.78 is 26.9. The minimum Gasteiger partial charge on any atom is -0.302 e. The molecule has 4 rings (SSSR count). The number of thiazole rings is 1. The van der Waals surface area contributed by atoms with Gasteiger partial charge in [-0.15, -0.1) is 0 Å². The maximum absolute atomic E-state index is 12.4. The Morgan fingerprint density at radius 3 is 2.86 bits per heavy atom. The molecule has 29 heavy (non-hydrogen) atoms. The molecular weight excluding hydrogens is 416 g/mol. The molecule has 0 aliphatic rings. The Kier molecular flexibility index (Phi) is 4.67. The first-order valence-corrected chi connectivity index (χ1v) is 11.2. The molecule has 0 fully saturated rings. The predicted octanol–water partition coefficient (Wildman–Crippen LogP) is 1.17. The van der Waals surface area contributed by atoms with E-state index in [1.807, 2.05) is 0 Å². The lowest BCUT2D eigenvalue weighted by atomic mass is 10.3. The van der Waals surface area contributed by atoms with E-state index in [1.165, 1.54) is 45.2 Å². The van der Waals surface area contributed by atoms with E-state index in [0.29, 0.717) is 26.4 Å². The maximum atomic E-state index is 12.4. The van der Waals surface area contributed by atoms with Gasteiger partial charge in [0.25, 0.3) is 5.56 Å². The van der Waals surface area contributed by atoms with Crippen LogP contribution in [-0.4, -0.2) is 44.9 Å². The van der Waals surface area contributed by atoms with Crippen LogP contribution in [0.15, 0.2) is 40.4 Å². The molecule has 0 spiro atoms. The molecule has 0 atom stereocenters. The third-order valence-corrected chi connectivity index (χ3v) is 6.38. The van der Waals surface area contributed by atoms with E-state index in [0.717, 1.165) is 6.26 Å². The van der Waals surface area contributed by atoms with Gasteiger partial charge >= 0.3 is 0 Å². The second-order valence-electron chi connectivity index (χ2n) is 6.47. The highest BCUT2D eigenvalue weighted by Gasteiger charge is 2.13. The molecule has 0 saturated heterocycles. The molecule has 0 unspecified atom stereocenters. The third-order valence-electron chi connectivity index (χ3n) is 4.33. The molecule has 0 radical (unpaired) electrons. The lowest BCUT2D eigenvalue weighted by Gasteiger charge is -2.05. The molecule has 3 aromatic heterocycles. The second kappa shape index (κ2) is 7.04. The number of carbonyl (C=O) groups excluding carboxylic acids is 1. The van der Waals surface area contributed by atoms with Crippen molar-refractivity contribution in [2.45, 2.75) is 17.9 Å². The highest BCUT2D eigenvalue weighted by molar-refractivity contribution is 7.90. The normalized spacial score (nSPS) is 11.9. The molecule has 0 aliphatic heterocycles. The fraction of sp³-hybridized carbons (Fsp3) is 0.235. The summed E-state index contributed by atoms with van der Waals surface area (Å²) >= 11 is 1.19. The number of aryl methyl sites for hydroxylation is 2. The van der Waals surface area contributed by atoms with Crippen LogP contribution in [0.3, 0.4) is 0 Å². The van der Waals surface area contributed by atoms with Crippen molar-refractivity contribution in [3.63, 3.8) is 0 Å². The number of carbonyl (C=O) groups is 1. The first-order chi connectivity index (χ1) is 13.7. The summed E-state index contributed by atoms with van der Waals surface area (Å²) in [5.74, 6) is -0.314. The zero-order valence-corrected chi connectivity index (χ0v) is 17.1. The number of aromatic nitrogens is 5. The van der Waals surface area contributed by atoms with Crippen LogP contribution >= 0.6 is 11.3 Å². The standard InChI is InChI=1S/C17H16N6O4S2/c1-22-15-11(8-19-22)16(25)23(9-18-15)6-5-14(24)21-17-20-12-4-3-10(29(2,26)27)7-13(12)28-17/h3-4,7-9H,5-6H2,1-2H3,(H,20,21,24). The number of hydrogen-bond donors (Lipinski definition) is 1. The van der Waals surface area contributed by atoms with E-state index in [1.54, 1.807) is 13.1 Å². The average molecular weight is 432 g/mol. The maximum Gasteiger partial charge on any atom is 0.264 e. The van der Waals surface area contributed by atoms with E-state index in [9.17, 15) is 18.0 Å². The number of sulfone groups is 1. The van der Waals surface area contributed by atoms with Gasteiger partial charge in [0.2, 0.25) is 5.91 Å². The van der Waals surface area contributed by atoms with Crippen LogP contribution in [0, 0.1) is 0 Å². The number of hydrogen-bond acceptors (Lipinski definition) is 8. The topological polar surface area (TPSA) is 129 Å². The summed E-state index contributed by atoms with van der Waals surface area (Å²) in [7, 11) is -1.62. The largest absolute Gasteiger partial charge is 0.302 e. The highest BCUT2D eigenvalue weighted by atomic mass is 32.2. The first-order valence-electron chi connectivity index (χ1n) is 8.50. The van der Waals surface area contributed by atoms with Crippen LogP contribution in [0.1, 0.15) is 6.42 Å². The molecule has 4 aromatic rings. The van der Waals surface area contributed by atoms with Gasteiger partial charge in [-0.2, -0.15) is 5.10 Å². The Hall–Kier alpha value is -3.12. The molecule has 3 heterocycles. The summed E-state index contributed by atoms with van der Waals surface area (Å²) in [6, 6.07) is 4.62. The molecule has 0 saturated carbocycles. The number of anilines is 1. The summed E-state index contributed by atoms with van der Waals surface area (Å²) in [5, 5.41) is 7.45. The molecule has 1 aromatic carbocycles. The number of fused-ring (bicyclic) bond motifs is 2. The Morgan fingerprint density at radius 2 is 2.10 bits per heavy atom. The lowest BCUT2D eigenvalue weighted by Crippen LogP contribution is -2.23. The van der Waals surface area contributed by atoms with Gasteiger partial charge in [0, 0.05) is 26.3 Å². The van der Waals surface area contributed by atoms with E-state index in [-0.39, 0.29) is 29.3 Å². The summed E-state index contributed by atoms with van der Waals surface area (Å²) in [5.41, 5.74) is 0.822. The zero-order valence-electron chi connectivity index (χ0n) is 15.5. The number of nitrogens with zero attached hydrogens (tertiary/aromatic N) is 5. The average Bonchev–Trinajstić information content (AvgIpc) is 3.23. The predicted molar refractivity (Wildman–Crippen MR) is 109 cm³/mol. The van der Waals surface area contributed by atoms with Gasteiger partial charge in [-0.05, 0) is 18.2 Å². The minimum absolute atomic E-state index is 0.0534. The molecule has 1 N–H and O–H groups in total. The first kappa shape index (κ1) is 19.2. The molecule has 0 bridgehead atoms. The molecule has 1 amide bonds. The van der Waals surface area contributed by atoms with Crippen molar-refractivity contribution in [3.05, 3.63) is 41.1 Å². The fourth-order valence-corrected chi connectivity index (χ4v) is 4.46. The number of amides is 1.